The van der Waals surface area contributed by atoms with E-state index in [9.17, 15) is 0 Å². The highest BCUT2D eigenvalue weighted by atomic mass is 15.2. The van der Waals surface area contributed by atoms with Gasteiger partial charge in [-0.25, -0.2) is 0 Å². The van der Waals surface area contributed by atoms with Gasteiger partial charge >= 0.3 is 0 Å². The van der Waals surface area contributed by atoms with Crippen LogP contribution in [0.3, 0.4) is 0 Å². The van der Waals surface area contributed by atoms with Gasteiger partial charge in [-0.1, -0.05) is 197 Å². The number of aryl methyl sites for hydroxylation is 2. The molecular weight excluding hydrogens is 773 g/mol. The van der Waals surface area contributed by atoms with E-state index in [1.165, 1.54) is 65.7 Å². The number of rotatable bonds is 10. The summed E-state index contributed by atoms with van der Waals surface area (Å²) in [6.45, 7) is 13.6. The lowest BCUT2D eigenvalue weighted by Crippen LogP contribution is -2.19. The molecule has 2 nitrogen and oxygen atoms in total. The first-order chi connectivity index (χ1) is 31.1. The summed E-state index contributed by atoms with van der Waals surface area (Å²) in [5.41, 5.74) is 14.1. The van der Waals surface area contributed by atoms with Gasteiger partial charge in [-0.05, 0) is 118 Å². The van der Waals surface area contributed by atoms with Crippen LogP contribution in [0.2, 0.25) is 0 Å². The van der Waals surface area contributed by atoms with Crippen molar-refractivity contribution in [2.75, 3.05) is 9.80 Å². The molecule has 0 atom stereocenters. The van der Waals surface area contributed by atoms with E-state index in [-0.39, 0.29) is 10.8 Å². The normalized spacial score (nSPS) is 11.9. The van der Waals surface area contributed by atoms with Crippen molar-refractivity contribution in [3.63, 3.8) is 0 Å². The van der Waals surface area contributed by atoms with E-state index in [1.54, 1.807) is 0 Å². The molecule has 0 radical (unpaired) electrons. The van der Waals surface area contributed by atoms with E-state index >= 15 is 0 Å². The Kier molecular flexibility index (Phi) is 10.4. The van der Waals surface area contributed by atoms with Gasteiger partial charge in [0.15, 0.2) is 0 Å². The lowest BCUT2D eigenvalue weighted by atomic mass is 9.78. The Balaban J connectivity index is 1.17. The molecule has 0 saturated heterocycles. The van der Waals surface area contributed by atoms with E-state index in [0.717, 1.165) is 34.1 Å². The number of nitrogens with zero attached hydrogens (tertiary/aromatic N) is 2. The number of hydrogen-bond acceptors (Lipinski definition) is 2. The summed E-state index contributed by atoms with van der Waals surface area (Å²) in [6.07, 6.45) is 0. The molecule has 0 aliphatic rings. The number of hydrogen-bond donors (Lipinski definition) is 0. The first kappa shape index (κ1) is 40.6. The van der Waals surface area contributed by atoms with Crippen LogP contribution in [0.25, 0.3) is 32.3 Å². The third-order valence-corrected chi connectivity index (χ3v) is 13.6. The van der Waals surface area contributed by atoms with Crippen molar-refractivity contribution >= 4 is 66.4 Å². The summed E-state index contributed by atoms with van der Waals surface area (Å²) in [5.74, 6) is 0. The maximum absolute atomic E-state index is 2.44. The van der Waals surface area contributed by atoms with Crippen molar-refractivity contribution in [2.24, 2.45) is 0 Å². The molecule has 0 spiro atoms. The topological polar surface area (TPSA) is 6.48 Å². The van der Waals surface area contributed by atoms with E-state index in [2.05, 4.69) is 270 Å². The van der Waals surface area contributed by atoms with Gasteiger partial charge in [0.2, 0.25) is 0 Å². The second kappa shape index (κ2) is 16.4. The third-order valence-electron chi connectivity index (χ3n) is 13.6. The van der Waals surface area contributed by atoms with Crippen LogP contribution in [0, 0.1) is 13.8 Å². The number of fused-ring (bicyclic) bond motifs is 5. The predicted molar refractivity (Wildman–Crippen MR) is 275 cm³/mol. The standard InChI is InChI=1S/C62H54N2/c1-43-25-33-49(34-26-43)63(51-37-29-47(30-38-51)61(3,4)45-17-9-7-10-18-45)59-41-57-54-22-14-16-24-56(54)60(42-58(57)53-21-13-15-23-55(53)59)64(50-35-27-44(2)28-36-50)52-39-31-48(32-40-52)62(5,6)46-19-11-8-12-20-46/h7-42H,1-6H3. The average molecular weight is 827 g/mol. The maximum atomic E-state index is 2.44. The predicted octanol–water partition coefficient (Wildman–Crippen LogP) is 17.4. The third kappa shape index (κ3) is 7.29. The molecule has 0 heterocycles. The minimum Gasteiger partial charge on any atom is -0.310 e. The molecule has 0 aliphatic heterocycles. The van der Waals surface area contributed by atoms with E-state index < -0.39 is 0 Å². The van der Waals surface area contributed by atoms with Crippen LogP contribution in [-0.4, -0.2) is 0 Å². The van der Waals surface area contributed by atoms with Crippen LogP contribution in [-0.2, 0) is 10.8 Å². The van der Waals surface area contributed by atoms with Crippen molar-refractivity contribution in [3.8, 4) is 0 Å². The zero-order valence-corrected chi connectivity index (χ0v) is 37.7. The van der Waals surface area contributed by atoms with Gasteiger partial charge in [0.1, 0.15) is 0 Å². The molecule has 0 aliphatic carbocycles. The summed E-state index contributed by atoms with van der Waals surface area (Å²) >= 11 is 0. The van der Waals surface area contributed by atoms with E-state index in [4.69, 9.17) is 0 Å². The van der Waals surface area contributed by atoms with Crippen LogP contribution in [0.15, 0.2) is 218 Å². The highest BCUT2D eigenvalue weighted by Crippen LogP contribution is 2.48. The van der Waals surface area contributed by atoms with Crippen LogP contribution >= 0.6 is 0 Å². The van der Waals surface area contributed by atoms with Crippen LogP contribution in [0.5, 0.6) is 0 Å². The molecule has 0 unspecified atom stereocenters. The first-order valence-corrected chi connectivity index (χ1v) is 22.5. The Morgan fingerprint density at radius 3 is 0.859 bits per heavy atom. The minimum atomic E-state index is -0.145. The van der Waals surface area contributed by atoms with Crippen LogP contribution in [0.4, 0.5) is 34.1 Å². The Morgan fingerprint density at radius 1 is 0.266 bits per heavy atom. The molecule has 10 aromatic rings. The number of benzene rings is 10. The molecule has 0 amide bonds. The molecule has 0 aromatic heterocycles. The van der Waals surface area contributed by atoms with Crippen molar-refractivity contribution in [3.05, 3.63) is 252 Å². The maximum Gasteiger partial charge on any atom is 0.0546 e. The lowest BCUT2D eigenvalue weighted by molar-refractivity contribution is 0.641. The fourth-order valence-electron chi connectivity index (χ4n) is 9.62. The van der Waals surface area contributed by atoms with Crippen LogP contribution < -0.4 is 9.80 Å². The van der Waals surface area contributed by atoms with E-state index in [0.29, 0.717) is 0 Å². The summed E-state index contributed by atoms with van der Waals surface area (Å²) < 4.78 is 0. The molecule has 312 valence electrons. The summed E-state index contributed by atoms with van der Waals surface area (Å²) in [5, 5.41) is 7.25. The van der Waals surface area contributed by atoms with Crippen LogP contribution in [0.1, 0.15) is 61.1 Å². The Labute approximate surface area is 378 Å². The molecule has 10 aromatic carbocycles. The molecule has 0 bridgehead atoms. The zero-order chi connectivity index (χ0) is 44.0. The minimum absolute atomic E-state index is 0.145. The van der Waals surface area contributed by atoms with Gasteiger partial charge in [0, 0.05) is 44.4 Å². The highest BCUT2D eigenvalue weighted by molar-refractivity contribution is 6.24. The lowest BCUT2D eigenvalue weighted by Gasteiger charge is -2.31. The van der Waals surface area contributed by atoms with Gasteiger partial charge in [0.05, 0.1) is 11.4 Å². The molecule has 10 rings (SSSR count). The second-order valence-corrected chi connectivity index (χ2v) is 18.4. The average Bonchev–Trinajstić information content (AvgIpc) is 3.34. The Morgan fingerprint density at radius 2 is 0.531 bits per heavy atom. The van der Waals surface area contributed by atoms with Crippen molar-refractivity contribution < 1.29 is 0 Å². The fraction of sp³-hybridized carbons (Fsp3) is 0.129. The summed E-state index contributed by atoms with van der Waals surface area (Å²) in [6, 6.07) is 80.7. The molecule has 0 N–H and O–H groups in total. The monoisotopic (exact) mass is 826 g/mol. The zero-order valence-electron chi connectivity index (χ0n) is 37.7. The van der Waals surface area contributed by atoms with Gasteiger partial charge < -0.3 is 9.80 Å². The largest absolute Gasteiger partial charge is 0.310 e. The molecule has 2 heteroatoms. The Bertz CT molecular complexity index is 3010. The van der Waals surface area contributed by atoms with Gasteiger partial charge in [0.25, 0.3) is 0 Å². The van der Waals surface area contributed by atoms with Gasteiger partial charge in [-0.15, -0.1) is 0 Å². The fourth-order valence-corrected chi connectivity index (χ4v) is 9.62. The molecule has 0 saturated carbocycles. The van der Waals surface area contributed by atoms with Gasteiger partial charge in [-0.3, -0.25) is 0 Å². The molecular formula is C62H54N2. The quantitative estimate of drug-likeness (QED) is 0.127. The summed E-state index contributed by atoms with van der Waals surface area (Å²) in [7, 11) is 0. The van der Waals surface area contributed by atoms with Crippen molar-refractivity contribution in [2.45, 2.75) is 52.4 Å². The second-order valence-electron chi connectivity index (χ2n) is 18.4. The Hall–Kier alpha value is -7.42. The van der Waals surface area contributed by atoms with Gasteiger partial charge in [-0.2, -0.15) is 0 Å². The number of anilines is 6. The smallest absolute Gasteiger partial charge is 0.0546 e. The molecule has 0 fully saturated rings. The first-order valence-electron chi connectivity index (χ1n) is 22.5. The van der Waals surface area contributed by atoms with Crippen molar-refractivity contribution in [1.82, 2.24) is 0 Å². The van der Waals surface area contributed by atoms with E-state index in [1.807, 2.05) is 0 Å². The summed E-state index contributed by atoms with van der Waals surface area (Å²) in [4.78, 5) is 4.89. The molecule has 64 heavy (non-hydrogen) atoms. The SMILES string of the molecule is Cc1ccc(N(c2ccc(C(C)(C)c3ccccc3)cc2)c2cc3c4ccccc4c(N(c4ccc(C)cc4)c4ccc(C(C)(C)c5ccccc5)cc4)cc3c3ccccc23)cc1. The highest BCUT2D eigenvalue weighted by Gasteiger charge is 2.27. The van der Waals surface area contributed by atoms with Crippen molar-refractivity contribution in [1.29, 1.82) is 0 Å².